The Balaban J connectivity index is 1.02. The van der Waals surface area contributed by atoms with E-state index in [1.165, 1.54) is 62.3 Å². The lowest BCUT2D eigenvalue weighted by atomic mass is 9.94. The van der Waals surface area contributed by atoms with Crippen LogP contribution in [0.15, 0.2) is 93.6 Å². The summed E-state index contributed by atoms with van der Waals surface area (Å²) in [5, 5.41) is 56.0. The van der Waals surface area contributed by atoms with Crippen LogP contribution in [-0.4, -0.2) is 122 Å². The molecule has 9 aromatic rings. The van der Waals surface area contributed by atoms with Crippen molar-refractivity contribution in [3.63, 3.8) is 0 Å². The first-order chi connectivity index (χ1) is 41.4. The maximum absolute atomic E-state index is 15.1. The monoisotopic (exact) mass is 1270 g/mol. The van der Waals surface area contributed by atoms with Crippen molar-refractivity contribution < 1.29 is 44.1 Å². The molecule has 0 aliphatic carbocycles. The number of phenols is 1. The van der Waals surface area contributed by atoms with Gasteiger partial charge in [0.15, 0.2) is 0 Å². The van der Waals surface area contributed by atoms with Crippen LogP contribution in [0.25, 0.3) is 43.4 Å². The van der Waals surface area contributed by atoms with Gasteiger partial charge in [-0.25, -0.2) is 34.9 Å². The third-order valence-electron chi connectivity index (χ3n) is 14.5. The van der Waals surface area contributed by atoms with Crippen molar-refractivity contribution in [1.29, 1.82) is 0 Å². The number of aromatic hydroxyl groups is 1. The molecule has 0 unspecified atom stereocenters. The number of carbonyl (C=O) groups excluding carboxylic acids is 6. The van der Waals surface area contributed by atoms with Crippen molar-refractivity contribution in [3.8, 4) is 49.1 Å². The van der Waals surface area contributed by atoms with Gasteiger partial charge in [0.1, 0.15) is 93.8 Å². The molecule has 6 amide bonds. The first-order valence-electron chi connectivity index (χ1n) is 26.9. The number of aliphatic hydroxyl groups excluding tert-OH is 2. The SMILES string of the molecule is Cc1sc2nc1C(=O)N[C@@H]([C@H](O)c1ccccc1)c1nc(cs1)C(=O)N[C@@H](Cc1ccc(O)cc1)C(=O)N[C@@H]([C@@H](C)[C@@H](O)CN1CCCC1)c1nc(cs1)-c1nc(cs1)-c1nc(-c3nc(C(N)=O)cs3)ccc1-c1nc(cs1)C(=O)N[C@H]2CC(N)=O. The molecule has 86 heavy (non-hydrogen) atoms. The van der Waals surface area contributed by atoms with Crippen LogP contribution >= 0.6 is 68.0 Å². The number of aliphatic hydroxyl groups is 2. The summed E-state index contributed by atoms with van der Waals surface area (Å²) in [7, 11) is 0. The molecule has 11 N–H and O–H groups in total. The number of nitrogens with one attached hydrogen (secondary N) is 4. The fourth-order valence-electron chi connectivity index (χ4n) is 9.85. The van der Waals surface area contributed by atoms with E-state index in [4.69, 9.17) is 31.4 Å². The van der Waals surface area contributed by atoms with Crippen LogP contribution < -0.4 is 32.7 Å². The van der Waals surface area contributed by atoms with Crippen LogP contribution in [0, 0.1) is 12.8 Å². The molecule has 2 aromatic carbocycles. The number of thiazole rings is 6. The number of hydrogen-bond donors (Lipinski definition) is 9. The summed E-state index contributed by atoms with van der Waals surface area (Å²) >= 11 is 6.87. The standard InChI is InChI=1S/C57H54N14O9S6/c1-26(40(73)20-71-16-6-7-17-71)42-56-67-39(25-85-56)54-63-35(21-82-54)44-31(14-15-32(60-44)53-64-36(22-83-53)47(59)76)52-65-37(23-81-52)50(79)62-34(19-41(58)74)55-70-43(27(2)86-55)51(80)69-45(46(75)29-8-4-3-5-9-29)57-66-38(24-84-57)49(78)61-33(48(77)68-42)18-28-10-12-30(72)13-11-28/h3-5,8-15,21-26,33-34,40,42,45-46,72-73,75H,6-7,16-20H2,1-2H3,(H2,58,74)(H2,59,76)(H,61,78)(H,62,79)(H,68,77)(H,69,80)/t26-,33-,34-,40-,42-,45-,46+/m0/s1. The number of nitrogens with zero attached hydrogens (tertiary/aromatic N) is 8. The molecule has 29 heteroatoms. The normalized spacial score (nSPS) is 18.9. The fraction of sp³-hybridized carbons (Fsp3) is 0.281. The molecule has 10 bridgehead atoms. The Morgan fingerprint density at radius 3 is 1.98 bits per heavy atom. The minimum absolute atomic E-state index is 0.00382. The molecule has 2 aliphatic heterocycles. The van der Waals surface area contributed by atoms with Crippen LogP contribution in [-0.2, 0) is 16.0 Å². The molecule has 0 saturated carbocycles. The molecule has 23 nitrogen and oxygen atoms in total. The molecule has 11 rings (SSSR count). The predicted octanol–water partition coefficient (Wildman–Crippen LogP) is 6.76. The van der Waals surface area contributed by atoms with Crippen molar-refractivity contribution in [2.24, 2.45) is 17.4 Å². The van der Waals surface area contributed by atoms with E-state index in [0.717, 1.165) is 59.9 Å². The molecule has 7 aromatic heterocycles. The topological polar surface area (TPSA) is 357 Å². The number of amides is 6. The number of primary amides is 2. The zero-order valence-corrected chi connectivity index (χ0v) is 50.6. The molecule has 0 spiro atoms. The number of pyridine rings is 1. The van der Waals surface area contributed by atoms with Gasteiger partial charge in [0.2, 0.25) is 11.8 Å². The Bertz CT molecular complexity index is 3990. The van der Waals surface area contributed by atoms with Gasteiger partial charge in [0.05, 0.1) is 30.3 Å². The van der Waals surface area contributed by atoms with Gasteiger partial charge >= 0.3 is 0 Å². The number of carbonyl (C=O) groups is 6. The lowest BCUT2D eigenvalue weighted by Crippen LogP contribution is -2.51. The summed E-state index contributed by atoms with van der Waals surface area (Å²) in [6.07, 6.45) is -0.802. The lowest BCUT2D eigenvalue weighted by Gasteiger charge is -2.31. The van der Waals surface area contributed by atoms with Crippen molar-refractivity contribution in [2.75, 3.05) is 19.6 Å². The van der Waals surface area contributed by atoms with Crippen LogP contribution in [0.5, 0.6) is 5.75 Å². The highest BCUT2D eigenvalue weighted by Gasteiger charge is 2.36. The zero-order chi connectivity index (χ0) is 60.3. The van der Waals surface area contributed by atoms with E-state index in [-0.39, 0.29) is 45.0 Å². The lowest BCUT2D eigenvalue weighted by molar-refractivity contribution is -0.124. The summed E-state index contributed by atoms with van der Waals surface area (Å²) < 4.78 is 0. The minimum atomic E-state index is -1.41. The average Bonchev–Trinajstić information content (AvgIpc) is 3.59. The zero-order valence-electron chi connectivity index (χ0n) is 45.7. The Labute approximate surface area is 514 Å². The molecule has 2 aliphatic rings. The van der Waals surface area contributed by atoms with Crippen LogP contribution in [0.3, 0.4) is 0 Å². The quantitative estimate of drug-likeness (QED) is 0.0610. The Hall–Kier alpha value is -8.13. The van der Waals surface area contributed by atoms with Gasteiger partial charge in [-0.3, -0.25) is 28.8 Å². The summed E-state index contributed by atoms with van der Waals surface area (Å²) in [5.74, 6) is -4.91. The van der Waals surface area contributed by atoms with E-state index in [1.54, 1.807) is 72.3 Å². The van der Waals surface area contributed by atoms with E-state index in [2.05, 4.69) is 41.1 Å². The fourth-order valence-corrected chi connectivity index (χ4v) is 15.1. The maximum Gasteiger partial charge on any atom is 0.271 e. The molecule has 1 saturated heterocycles. The number of benzene rings is 2. The third-order valence-corrected chi connectivity index (χ3v) is 20.0. The van der Waals surface area contributed by atoms with Crippen molar-refractivity contribution in [2.45, 2.75) is 75.9 Å². The number of nitrogens with two attached hydrogens (primary N) is 2. The molecule has 442 valence electrons. The second-order valence-electron chi connectivity index (χ2n) is 20.5. The number of fused-ring (bicyclic) bond motifs is 14. The highest BCUT2D eigenvalue weighted by Crippen LogP contribution is 2.40. The largest absolute Gasteiger partial charge is 0.508 e. The Kier molecular flexibility index (Phi) is 17.9. The first kappa shape index (κ1) is 59.6. The van der Waals surface area contributed by atoms with Gasteiger partial charge in [-0.15, -0.1) is 68.0 Å². The van der Waals surface area contributed by atoms with Crippen molar-refractivity contribution in [1.82, 2.24) is 61.1 Å². The van der Waals surface area contributed by atoms with Gasteiger partial charge in [-0.1, -0.05) is 49.4 Å². The predicted molar refractivity (Wildman–Crippen MR) is 327 cm³/mol. The van der Waals surface area contributed by atoms with Crippen LogP contribution in [0.4, 0.5) is 0 Å². The van der Waals surface area contributed by atoms with Crippen LogP contribution in [0.1, 0.15) is 123 Å². The second-order valence-corrected chi connectivity index (χ2v) is 26.1. The molecular formula is C57H54N14O9S6. The van der Waals surface area contributed by atoms with E-state index >= 15 is 4.79 Å². The summed E-state index contributed by atoms with van der Waals surface area (Å²) in [5.41, 5.74) is 14.2. The van der Waals surface area contributed by atoms with Crippen molar-refractivity contribution >= 4 is 103 Å². The first-order valence-corrected chi connectivity index (χ1v) is 32.1. The number of β-amino-alcohol motifs (C(OH)–C–C–N with tert-alkyl or cyclic N) is 1. The van der Waals surface area contributed by atoms with Gasteiger partial charge in [-0.05, 0) is 68.2 Å². The van der Waals surface area contributed by atoms with E-state index in [0.29, 0.717) is 70.9 Å². The van der Waals surface area contributed by atoms with Gasteiger partial charge in [0.25, 0.3) is 23.6 Å². The van der Waals surface area contributed by atoms with Gasteiger partial charge < -0.3 is 53.0 Å². The highest BCUT2D eigenvalue weighted by atomic mass is 32.1. The average molecular weight is 1270 g/mol. The Morgan fingerprint density at radius 1 is 0.628 bits per heavy atom. The van der Waals surface area contributed by atoms with Crippen LogP contribution in [0.2, 0.25) is 0 Å². The highest BCUT2D eigenvalue weighted by molar-refractivity contribution is 7.15. The van der Waals surface area contributed by atoms with Gasteiger partial charge in [0, 0.05) is 56.2 Å². The molecular weight excluding hydrogens is 1220 g/mol. The number of rotatable bonds is 12. The van der Waals surface area contributed by atoms with E-state index < -0.39 is 84.2 Å². The molecule has 9 heterocycles. The Morgan fingerprint density at radius 2 is 1.26 bits per heavy atom. The summed E-state index contributed by atoms with van der Waals surface area (Å²) in [6, 6.07) is 13.6. The molecule has 7 atom stereocenters. The smallest absolute Gasteiger partial charge is 0.271 e. The molecule has 1 fully saturated rings. The number of hydrogen-bond acceptors (Lipinski definition) is 23. The number of likely N-dealkylation sites (tertiary alicyclic amines) is 1. The maximum atomic E-state index is 15.1. The molecule has 0 radical (unpaired) electrons. The second kappa shape index (κ2) is 25.8. The number of aryl methyl sites for hydroxylation is 1. The summed E-state index contributed by atoms with van der Waals surface area (Å²) in [6.45, 7) is 5.43. The minimum Gasteiger partial charge on any atom is -0.508 e. The number of aromatic nitrogens is 7. The van der Waals surface area contributed by atoms with Crippen molar-refractivity contribution in [3.05, 3.63) is 147 Å². The van der Waals surface area contributed by atoms with Gasteiger partial charge in [-0.2, -0.15) is 0 Å². The number of phenolic OH excluding ortho intramolecular Hbond substituents is 1. The third kappa shape index (κ3) is 13.3. The van der Waals surface area contributed by atoms with E-state index in [9.17, 15) is 39.3 Å². The summed E-state index contributed by atoms with van der Waals surface area (Å²) in [4.78, 5) is 119. The van der Waals surface area contributed by atoms with E-state index in [1.807, 2.05) is 6.92 Å².